The number of nitrogens with zero attached hydrogens (tertiary/aromatic N) is 3. The molecule has 6 heteroatoms. The number of benzene rings is 1. The first-order chi connectivity index (χ1) is 12.6. The van der Waals surface area contributed by atoms with Gasteiger partial charge in [0.1, 0.15) is 5.69 Å². The molecule has 138 valence electrons. The van der Waals surface area contributed by atoms with Crippen LogP contribution in [0, 0.1) is 0 Å². The lowest BCUT2D eigenvalue weighted by Crippen LogP contribution is -2.29. The van der Waals surface area contributed by atoms with Crippen molar-refractivity contribution in [1.29, 1.82) is 0 Å². The molecule has 1 aliphatic heterocycles. The molecule has 1 aliphatic rings. The molecule has 0 spiro atoms. The maximum Gasteiger partial charge on any atom is 0.102 e. The molecule has 0 radical (unpaired) electrons. The maximum atomic E-state index is 6.47. The number of aliphatic imine (C=N–C) groups is 1. The topological polar surface area (TPSA) is 70.3 Å². The number of nitrogens with one attached hydrogen (secondary N) is 1. The van der Waals surface area contributed by atoms with Crippen molar-refractivity contribution in [3.8, 4) is 11.3 Å². The summed E-state index contributed by atoms with van der Waals surface area (Å²) in [5.74, 6) is 0.446. The van der Waals surface area contributed by atoms with Gasteiger partial charge in [-0.15, -0.1) is 12.6 Å². The second-order valence-electron chi connectivity index (χ2n) is 6.76. The molecule has 0 atom stereocenters. The molecule has 5 nitrogen and oxygen atoms in total. The van der Waals surface area contributed by atoms with E-state index in [1.807, 2.05) is 37.3 Å². The minimum Gasteiger partial charge on any atom is -0.398 e. The van der Waals surface area contributed by atoms with Crippen LogP contribution in [0.3, 0.4) is 0 Å². The van der Waals surface area contributed by atoms with Gasteiger partial charge in [0.15, 0.2) is 0 Å². The highest BCUT2D eigenvalue weighted by molar-refractivity contribution is 7.80. The van der Waals surface area contributed by atoms with Gasteiger partial charge in [0.25, 0.3) is 0 Å². The lowest BCUT2D eigenvalue weighted by atomic mass is 9.89. The first-order valence-corrected chi connectivity index (χ1v) is 9.57. The summed E-state index contributed by atoms with van der Waals surface area (Å²) < 4.78 is 0. The van der Waals surface area contributed by atoms with Crippen LogP contribution in [0.1, 0.15) is 36.9 Å². The SMILES string of the molecule is CCN=C/C=C(\N)c1c(-c2ccc(S)cc2)n[nH]c1C1CCN(C)CC1. The van der Waals surface area contributed by atoms with E-state index in [4.69, 9.17) is 5.73 Å². The zero-order valence-electron chi connectivity index (χ0n) is 15.4. The number of H-pyrrole nitrogens is 1. The fourth-order valence-electron chi connectivity index (χ4n) is 3.39. The normalized spacial score (nSPS) is 17.3. The third kappa shape index (κ3) is 4.19. The molecule has 0 unspecified atom stereocenters. The predicted octanol–water partition coefficient (Wildman–Crippen LogP) is 3.56. The summed E-state index contributed by atoms with van der Waals surface area (Å²) in [6, 6.07) is 8.02. The van der Waals surface area contributed by atoms with Gasteiger partial charge in [-0.3, -0.25) is 10.1 Å². The molecule has 3 N–H and O–H groups in total. The Morgan fingerprint density at radius 2 is 2.04 bits per heavy atom. The summed E-state index contributed by atoms with van der Waals surface area (Å²) in [4.78, 5) is 7.56. The first kappa shape index (κ1) is 18.7. The minimum atomic E-state index is 0.446. The monoisotopic (exact) mass is 369 g/mol. The van der Waals surface area contributed by atoms with Crippen molar-refractivity contribution in [2.75, 3.05) is 26.7 Å². The van der Waals surface area contributed by atoms with Crippen LogP contribution in [-0.4, -0.2) is 48.0 Å². The van der Waals surface area contributed by atoms with Gasteiger partial charge in [-0.05, 0) is 58.1 Å². The van der Waals surface area contributed by atoms with Crippen LogP contribution in [0.5, 0.6) is 0 Å². The molecule has 0 amide bonds. The maximum absolute atomic E-state index is 6.47. The summed E-state index contributed by atoms with van der Waals surface area (Å²) in [5, 5.41) is 7.92. The van der Waals surface area contributed by atoms with Crippen LogP contribution in [-0.2, 0) is 0 Å². The Morgan fingerprint density at radius 1 is 1.35 bits per heavy atom. The molecule has 1 aromatic carbocycles. The van der Waals surface area contributed by atoms with Gasteiger partial charge in [-0.2, -0.15) is 5.10 Å². The lowest BCUT2D eigenvalue weighted by Gasteiger charge is -2.28. The zero-order chi connectivity index (χ0) is 18.5. The lowest BCUT2D eigenvalue weighted by molar-refractivity contribution is 0.253. The van der Waals surface area contributed by atoms with Gasteiger partial charge in [-0.25, -0.2) is 0 Å². The highest BCUT2D eigenvalue weighted by Crippen LogP contribution is 2.36. The smallest absolute Gasteiger partial charge is 0.102 e. The minimum absolute atomic E-state index is 0.446. The van der Waals surface area contributed by atoms with Crippen molar-refractivity contribution in [1.82, 2.24) is 15.1 Å². The van der Waals surface area contributed by atoms with E-state index in [0.29, 0.717) is 11.6 Å². The number of aromatic nitrogens is 2. The number of thiol groups is 1. The molecule has 1 saturated heterocycles. The summed E-state index contributed by atoms with van der Waals surface area (Å²) in [5.41, 5.74) is 11.3. The molecule has 26 heavy (non-hydrogen) atoms. The average Bonchev–Trinajstić information content (AvgIpc) is 3.08. The molecule has 1 fully saturated rings. The first-order valence-electron chi connectivity index (χ1n) is 9.12. The van der Waals surface area contributed by atoms with E-state index in [0.717, 1.165) is 59.9 Å². The molecule has 0 saturated carbocycles. The van der Waals surface area contributed by atoms with E-state index in [9.17, 15) is 0 Å². The van der Waals surface area contributed by atoms with E-state index >= 15 is 0 Å². The second-order valence-corrected chi connectivity index (χ2v) is 7.27. The number of hydrogen-bond donors (Lipinski definition) is 3. The van der Waals surface area contributed by atoms with Gasteiger partial charge in [0.2, 0.25) is 0 Å². The molecule has 1 aromatic heterocycles. The quantitative estimate of drug-likeness (QED) is 0.557. The van der Waals surface area contributed by atoms with Crippen molar-refractivity contribution in [3.05, 3.63) is 41.6 Å². The van der Waals surface area contributed by atoms with E-state index < -0.39 is 0 Å². The van der Waals surface area contributed by atoms with Crippen LogP contribution in [0.4, 0.5) is 0 Å². The number of hydrogen-bond acceptors (Lipinski definition) is 5. The van der Waals surface area contributed by atoms with E-state index in [1.165, 1.54) is 0 Å². The number of allylic oxidation sites excluding steroid dienone is 1. The molecule has 3 rings (SSSR count). The largest absolute Gasteiger partial charge is 0.398 e. The van der Waals surface area contributed by atoms with E-state index in [1.54, 1.807) is 6.21 Å². The average molecular weight is 370 g/mol. The molecular weight excluding hydrogens is 342 g/mol. The molecule has 2 heterocycles. The Kier molecular flexibility index (Phi) is 6.16. The van der Waals surface area contributed by atoms with Crippen LogP contribution < -0.4 is 5.73 Å². The van der Waals surface area contributed by atoms with Crippen LogP contribution in [0.25, 0.3) is 17.0 Å². The van der Waals surface area contributed by atoms with Gasteiger partial charge in [0.05, 0.1) is 0 Å². The van der Waals surface area contributed by atoms with E-state index in [-0.39, 0.29) is 0 Å². The molecular formula is C20H27N5S. The van der Waals surface area contributed by atoms with Gasteiger partial charge < -0.3 is 10.6 Å². The Morgan fingerprint density at radius 3 is 2.69 bits per heavy atom. The fourth-order valence-corrected chi connectivity index (χ4v) is 3.54. The third-order valence-corrected chi connectivity index (χ3v) is 5.19. The van der Waals surface area contributed by atoms with Crippen molar-refractivity contribution < 1.29 is 0 Å². The fraction of sp³-hybridized carbons (Fsp3) is 0.400. The predicted molar refractivity (Wildman–Crippen MR) is 112 cm³/mol. The summed E-state index contributed by atoms with van der Waals surface area (Å²) in [7, 11) is 2.17. The van der Waals surface area contributed by atoms with Gasteiger partial charge in [-0.1, -0.05) is 12.1 Å². The summed E-state index contributed by atoms with van der Waals surface area (Å²) in [6.45, 7) is 4.93. The van der Waals surface area contributed by atoms with Crippen molar-refractivity contribution in [3.63, 3.8) is 0 Å². The number of nitrogens with two attached hydrogens (primary N) is 1. The van der Waals surface area contributed by atoms with Crippen molar-refractivity contribution >= 4 is 24.5 Å². The number of rotatable bonds is 5. The molecule has 0 bridgehead atoms. The standard InChI is InChI=1S/C20H27N5S/c1-3-22-11-8-17(21)18-19(14-4-6-16(26)7-5-14)23-24-20(18)15-9-12-25(2)13-10-15/h4-8,11,15,26H,3,9-10,12-13,21H2,1-2H3,(H,23,24)/b17-8-,22-11?. The van der Waals surface area contributed by atoms with E-state index in [2.05, 4.69) is 39.8 Å². The van der Waals surface area contributed by atoms with Crippen LogP contribution in [0.15, 0.2) is 40.2 Å². The summed E-state index contributed by atoms with van der Waals surface area (Å²) in [6.07, 6.45) is 5.87. The molecule has 0 aliphatic carbocycles. The van der Waals surface area contributed by atoms with Crippen LogP contribution >= 0.6 is 12.6 Å². The highest BCUT2D eigenvalue weighted by Gasteiger charge is 2.26. The van der Waals surface area contributed by atoms with Crippen molar-refractivity contribution in [2.24, 2.45) is 10.7 Å². The number of piperidine rings is 1. The number of likely N-dealkylation sites (tertiary alicyclic amines) is 1. The van der Waals surface area contributed by atoms with Crippen LogP contribution in [0.2, 0.25) is 0 Å². The highest BCUT2D eigenvalue weighted by atomic mass is 32.1. The zero-order valence-corrected chi connectivity index (χ0v) is 16.3. The van der Waals surface area contributed by atoms with Crippen molar-refractivity contribution in [2.45, 2.75) is 30.6 Å². The van der Waals surface area contributed by atoms with Gasteiger partial charge in [0, 0.05) is 46.1 Å². The summed E-state index contributed by atoms with van der Waals surface area (Å²) >= 11 is 4.38. The second kappa shape index (κ2) is 8.56. The number of aromatic amines is 1. The van der Waals surface area contributed by atoms with Gasteiger partial charge >= 0.3 is 0 Å². The Bertz CT molecular complexity index is 783. The Balaban J connectivity index is 2.03. The Labute approximate surface area is 160 Å². The molecule has 2 aromatic rings. The Hall–Kier alpha value is -2.05. The third-order valence-electron chi connectivity index (χ3n) is 4.89.